The summed E-state index contributed by atoms with van der Waals surface area (Å²) in [7, 11) is 1.92. The summed E-state index contributed by atoms with van der Waals surface area (Å²) in [4.78, 5) is 0. The predicted molar refractivity (Wildman–Crippen MR) is 84.0 cm³/mol. The Morgan fingerprint density at radius 3 is 2.80 bits per heavy atom. The fraction of sp³-hybridized carbons (Fsp3) is 0.375. The second kappa shape index (κ2) is 6.95. The van der Waals surface area contributed by atoms with E-state index in [1.807, 2.05) is 25.2 Å². The lowest BCUT2D eigenvalue weighted by Crippen LogP contribution is -2.03. The molecule has 2 rings (SSSR count). The van der Waals surface area contributed by atoms with Crippen molar-refractivity contribution in [2.24, 2.45) is 0 Å². The van der Waals surface area contributed by atoms with Crippen LogP contribution in [0.25, 0.3) is 0 Å². The molecule has 0 unspecified atom stereocenters. The van der Waals surface area contributed by atoms with E-state index in [0.717, 1.165) is 28.1 Å². The zero-order valence-electron chi connectivity index (χ0n) is 12.1. The van der Waals surface area contributed by atoms with Gasteiger partial charge in [0, 0.05) is 16.6 Å². The average Bonchev–Trinajstić information content (AvgIpc) is 2.85. The molecular weight excluding hydrogens is 318 g/mol. The quantitative estimate of drug-likeness (QED) is 0.844. The maximum Gasteiger partial charge on any atom is 0.146 e. The molecule has 108 valence electrons. The molecule has 4 heteroatoms. The standard InChI is InChI=1S/C16H20BrNO2/c1-11(2)15-7-13(17)4-5-16(15)20-10-14-6-12(8-18-3)9-19-14/h4-7,9,11,18H,8,10H2,1-3H3. The van der Waals surface area contributed by atoms with Crippen LogP contribution in [-0.4, -0.2) is 7.05 Å². The molecule has 0 bridgehead atoms. The minimum Gasteiger partial charge on any atom is -0.485 e. The molecule has 0 aliphatic rings. The normalized spacial score (nSPS) is 11.1. The van der Waals surface area contributed by atoms with Crippen LogP contribution in [0, 0.1) is 0 Å². The lowest BCUT2D eigenvalue weighted by atomic mass is 10.0. The van der Waals surface area contributed by atoms with E-state index < -0.39 is 0 Å². The van der Waals surface area contributed by atoms with E-state index in [1.54, 1.807) is 6.26 Å². The van der Waals surface area contributed by atoms with E-state index in [9.17, 15) is 0 Å². The van der Waals surface area contributed by atoms with Crippen molar-refractivity contribution in [2.75, 3.05) is 7.05 Å². The molecule has 0 radical (unpaired) electrons. The molecule has 1 heterocycles. The Morgan fingerprint density at radius 1 is 1.30 bits per heavy atom. The zero-order chi connectivity index (χ0) is 14.5. The summed E-state index contributed by atoms with van der Waals surface area (Å²) >= 11 is 3.50. The number of hydrogen-bond acceptors (Lipinski definition) is 3. The first-order valence-electron chi connectivity index (χ1n) is 6.73. The van der Waals surface area contributed by atoms with E-state index in [2.05, 4.69) is 41.2 Å². The van der Waals surface area contributed by atoms with Crippen LogP contribution < -0.4 is 10.1 Å². The smallest absolute Gasteiger partial charge is 0.146 e. The van der Waals surface area contributed by atoms with Gasteiger partial charge in [0.1, 0.15) is 18.1 Å². The number of ether oxygens (including phenoxy) is 1. The predicted octanol–water partition coefficient (Wildman–Crippen LogP) is 4.46. The molecule has 0 saturated carbocycles. The Hall–Kier alpha value is -1.26. The van der Waals surface area contributed by atoms with Crippen molar-refractivity contribution in [1.29, 1.82) is 0 Å². The third-order valence-corrected chi connectivity index (χ3v) is 3.55. The van der Waals surface area contributed by atoms with Crippen LogP contribution in [-0.2, 0) is 13.2 Å². The molecule has 2 aromatic rings. The van der Waals surface area contributed by atoms with Crippen LogP contribution in [0.5, 0.6) is 5.75 Å². The maximum atomic E-state index is 5.90. The summed E-state index contributed by atoms with van der Waals surface area (Å²) in [6.07, 6.45) is 1.76. The van der Waals surface area contributed by atoms with Gasteiger partial charge in [0.15, 0.2) is 0 Å². The number of benzene rings is 1. The fourth-order valence-corrected chi connectivity index (χ4v) is 2.43. The number of furan rings is 1. The van der Waals surface area contributed by atoms with Crippen molar-refractivity contribution in [1.82, 2.24) is 5.32 Å². The molecule has 0 fully saturated rings. The number of halogens is 1. The van der Waals surface area contributed by atoms with Gasteiger partial charge in [-0.1, -0.05) is 29.8 Å². The largest absolute Gasteiger partial charge is 0.485 e. The first-order valence-corrected chi connectivity index (χ1v) is 7.52. The molecule has 0 saturated heterocycles. The molecular formula is C16H20BrNO2. The highest BCUT2D eigenvalue weighted by atomic mass is 79.9. The van der Waals surface area contributed by atoms with Gasteiger partial charge in [-0.2, -0.15) is 0 Å². The van der Waals surface area contributed by atoms with Gasteiger partial charge in [0.2, 0.25) is 0 Å². The summed E-state index contributed by atoms with van der Waals surface area (Å²) in [6, 6.07) is 8.12. The minimum absolute atomic E-state index is 0.416. The third-order valence-electron chi connectivity index (χ3n) is 3.05. The fourth-order valence-electron chi connectivity index (χ4n) is 2.05. The van der Waals surface area contributed by atoms with Gasteiger partial charge < -0.3 is 14.5 Å². The molecule has 1 N–H and O–H groups in total. The van der Waals surface area contributed by atoms with E-state index in [4.69, 9.17) is 9.15 Å². The van der Waals surface area contributed by atoms with Crippen molar-refractivity contribution in [2.45, 2.75) is 32.9 Å². The summed E-state index contributed by atoms with van der Waals surface area (Å²) in [6.45, 7) is 5.57. The van der Waals surface area contributed by atoms with Crippen LogP contribution in [0.1, 0.15) is 36.7 Å². The van der Waals surface area contributed by atoms with Crippen LogP contribution in [0.4, 0.5) is 0 Å². The molecule has 3 nitrogen and oxygen atoms in total. The van der Waals surface area contributed by atoms with Gasteiger partial charge in [-0.25, -0.2) is 0 Å². The monoisotopic (exact) mass is 337 g/mol. The van der Waals surface area contributed by atoms with Crippen LogP contribution in [0.2, 0.25) is 0 Å². The Labute approximate surface area is 128 Å². The topological polar surface area (TPSA) is 34.4 Å². The molecule has 0 aliphatic heterocycles. The van der Waals surface area contributed by atoms with Crippen molar-refractivity contribution in [3.8, 4) is 5.75 Å². The average molecular weight is 338 g/mol. The maximum absolute atomic E-state index is 5.90. The SMILES string of the molecule is CNCc1coc(COc2ccc(Br)cc2C(C)C)c1. The second-order valence-electron chi connectivity index (χ2n) is 5.08. The molecule has 0 spiro atoms. The summed E-state index contributed by atoms with van der Waals surface area (Å²) in [5.74, 6) is 2.17. The molecule has 0 aliphatic carbocycles. The van der Waals surface area contributed by atoms with E-state index in [1.165, 1.54) is 5.56 Å². The minimum atomic E-state index is 0.416. The number of hydrogen-bond donors (Lipinski definition) is 1. The second-order valence-corrected chi connectivity index (χ2v) is 5.99. The third kappa shape index (κ3) is 3.87. The van der Waals surface area contributed by atoms with E-state index in [0.29, 0.717) is 12.5 Å². The number of rotatable bonds is 6. The van der Waals surface area contributed by atoms with Crippen LogP contribution >= 0.6 is 15.9 Å². The zero-order valence-corrected chi connectivity index (χ0v) is 13.7. The Balaban J connectivity index is 2.06. The van der Waals surface area contributed by atoms with Gasteiger partial charge in [-0.3, -0.25) is 0 Å². The number of nitrogens with one attached hydrogen (secondary N) is 1. The highest BCUT2D eigenvalue weighted by Crippen LogP contribution is 2.30. The van der Waals surface area contributed by atoms with Crippen molar-refractivity contribution in [3.63, 3.8) is 0 Å². The van der Waals surface area contributed by atoms with Crippen molar-refractivity contribution >= 4 is 15.9 Å². The molecule has 1 aromatic carbocycles. The lowest BCUT2D eigenvalue weighted by molar-refractivity contribution is 0.267. The molecule has 20 heavy (non-hydrogen) atoms. The van der Waals surface area contributed by atoms with E-state index >= 15 is 0 Å². The summed E-state index contributed by atoms with van der Waals surface area (Å²) in [5.41, 5.74) is 2.33. The van der Waals surface area contributed by atoms with Gasteiger partial charge in [-0.15, -0.1) is 0 Å². The molecule has 1 aromatic heterocycles. The lowest BCUT2D eigenvalue weighted by Gasteiger charge is -2.13. The van der Waals surface area contributed by atoms with Crippen molar-refractivity contribution in [3.05, 3.63) is 51.9 Å². The van der Waals surface area contributed by atoms with Crippen LogP contribution in [0.3, 0.4) is 0 Å². The Kier molecular flexibility index (Phi) is 5.26. The molecule has 0 atom stereocenters. The van der Waals surface area contributed by atoms with Gasteiger partial charge in [-0.05, 0) is 42.8 Å². The first kappa shape index (κ1) is 15.1. The summed E-state index contributed by atoms with van der Waals surface area (Å²) in [5, 5.41) is 3.10. The van der Waals surface area contributed by atoms with Crippen molar-refractivity contribution < 1.29 is 9.15 Å². The van der Waals surface area contributed by atoms with Gasteiger partial charge in [0.05, 0.1) is 6.26 Å². The summed E-state index contributed by atoms with van der Waals surface area (Å²) < 4.78 is 12.5. The van der Waals surface area contributed by atoms with Crippen LogP contribution in [0.15, 0.2) is 39.4 Å². The highest BCUT2D eigenvalue weighted by molar-refractivity contribution is 9.10. The Morgan fingerprint density at radius 2 is 2.10 bits per heavy atom. The molecule has 0 amide bonds. The van der Waals surface area contributed by atoms with Gasteiger partial charge >= 0.3 is 0 Å². The first-order chi connectivity index (χ1) is 9.60. The van der Waals surface area contributed by atoms with Gasteiger partial charge in [0.25, 0.3) is 0 Å². The van der Waals surface area contributed by atoms with E-state index in [-0.39, 0.29) is 0 Å². The highest BCUT2D eigenvalue weighted by Gasteiger charge is 2.10. The Bertz CT molecular complexity index is 563.